The molecule has 0 bridgehead atoms. The van der Waals surface area contributed by atoms with Crippen LogP contribution in [0.3, 0.4) is 0 Å². The summed E-state index contributed by atoms with van der Waals surface area (Å²) >= 11 is 0. The number of carbonyl (C=O) groups excluding carboxylic acids is 2. The molecule has 4 heteroatoms. The van der Waals surface area contributed by atoms with Gasteiger partial charge in [0.15, 0.2) is 0 Å². The number of primary amides is 1. The second kappa shape index (κ2) is 8.35. The minimum atomic E-state index is -0.417. The predicted octanol–water partition coefficient (Wildman–Crippen LogP) is 3.17. The smallest absolute Gasteiger partial charge is 0.224 e. The molecule has 2 atom stereocenters. The van der Waals surface area contributed by atoms with E-state index < -0.39 is 5.92 Å². The lowest BCUT2D eigenvalue weighted by Gasteiger charge is -2.30. The van der Waals surface area contributed by atoms with E-state index in [1.165, 1.54) is 12.8 Å². The third-order valence-electron chi connectivity index (χ3n) is 4.37. The molecule has 22 heavy (non-hydrogen) atoms. The van der Waals surface area contributed by atoms with Gasteiger partial charge in [0.05, 0.1) is 11.8 Å². The Morgan fingerprint density at radius 2 is 1.82 bits per heavy atom. The van der Waals surface area contributed by atoms with Gasteiger partial charge in [0.2, 0.25) is 11.8 Å². The lowest BCUT2D eigenvalue weighted by molar-refractivity contribution is -0.135. The summed E-state index contributed by atoms with van der Waals surface area (Å²) in [5, 5.41) is 3.03. The first-order chi connectivity index (χ1) is 10.2. The fourth-order valence-corrected chi connectivity index (χ4v) is 3.28. The molecule has 0 unspecified atom stereocenters. The van der Waals surface area contributed by atoms with E-state index in [2.05, 4.69) is 5.32 Å². The minimum Gasteiger partial charge on any atom is -0.369 e. The molecule has 0 aromatic carbocycles. The van der Waals surface area contributed by atoms with E-state index in [1.807, 2.05) is 39.8 Å². The number of hydrogen-bond donors (Lipinski definition) is 2. The molecule has 4 nitrogen and oxygen atoms in total. The minimum absolute atomic E-state index is 0.0345. The molecule has 1 aliphatic carbocycles. The largest absolute Gasteiger partial charge is 0.369 e. The van der Waals surface area contributed by atoms with E-state index >= 15 is 0 Å². The maximum Gasteiger partial charge on any atom is 0.224 e. The molecule has 1 aliphatic rings. The van der Waals surface area contributed by atoms with Crippen molar-refractivity contribution in [3.05, 3.63) is 12.2 Å². The van der Waals surface area contributed by atoms with Crippen molar-refractivity contribution in [1.82, 2.24) is 5.32 Å². The molecule has 0 heterocycles. The average Bonchev–Trinajstić information content (AvgIpc) is 2.88. The average molecular weight is 308 g/mol. The van der Waals surface area contributed by atoms with E-state index in [0.29, 0.717) is 12.3 Å². The van der Waals surface area contributed by atoms with Gasteiger partial charge < -0.3 is 11.1 Å². The van der Waals surface area contributed by atoms with Gasteiger partial charge in [0, 0.05) is 5.54 Å². The molecule has 1 rings (SSSR count). The highest BCUT2D eigenvalue weighted by molar-refractivity contribution is 5.87. The van der Waals surface area contributed by atoms with Crippen LogP contribution in [0.1, 0.15) is 66.2 Å². The summed E-state index contributed by atoms with van der Waals surface area (Å²) in [4.78, 5) is 24.6. The van der Waals surface area contributed by atoms with Crippen molar-refractivity contribution in [2.24, 2.45) is 23.5 Å². The Balaban J connectivity index is 2.90. The monoisotopic (exact) mass is 308 g/mol. The lowest BCUT2D eigenvalue weighted by atomic mass is 9.80. The first kappa shape index (κ1) is 18.7. The van der Waals surface area contributed by atoms with Gasteiger partial charge in [-0.3, -0.25) is 9.59 Å². The summed E-state index contributed by atoms with van der Waals surface area (Å²) in [6.45, 7) is 7.80. The Hall–Kier alpha value is -1.32. The van der Waals surface area contributed by atoms with Crippen LogP contribution in [0.4, 0.5) is 0 Å². The predicted molar refractivity (Wildman–Crippen MR) is 90.1 cm³/mol. The maximum absolute atomic E-state index is 12.7. The van der Waals surface area contributed by atoms with Crippen LogP contribution in [0, 0.1) is 17.8 Å². The molecular weight excluding hydrogens is 276 g/mol. The van der Waals surface area contributed by atoms with E-state index in [4.69, 9.17) is 5.73 Å². The van der Waals surface area contributed by atoms with Crippen molar-refractivity contribution in [2.45, 2.75) is 71.8 Å². The van der Waals surface area contributed by atoms with Crippen LogP contribution >= 0.6 is 0 Å². The Bertz CT molecular complexity index is 404. The van der Waals surface area contributed by atoms with E-state index in [0.717, 1.165) is 19.3 Å². The number of allylic oxidation sites excluding steroid dienone is 2. The molecular formula is C18H32N2O2. The third-order valence-corrected chi connectivity index (χ3v) is 4.37. The van der Waals surface area contributed by atoms with Crippen molar-refractivity contribution in [2.75, 3.05) is 0 Å². The first-order valence-corrected chi connectivity index (χ1v) is 8.47. The van der Waals surface area contributed by atoms with Crippen LogP contribution in [-0.2, 0) is 9.59 Å². The molecule has 1 fully saturated rings. The molecule has 0 saturated heterocycles. The van der Waals surface area contributed by atoms with Gasteiger partial charge in [-0.2, -0.15) is 0 Å². The molecule has 3 N–H and O–H groups in total. The zero-order chi connectivity index (χ0) is 16.8. The van der Waals surface area contributed by atoms with Crippen LogP contribution in [0.5, 0.6) is 0 Å². The molecule has 126 valence electrons. The fourth-order valence-electron chi connectivity index (χ4n) is 3.28. The molecule has 0 aromatic rings. The number of nitrogens with two attached hydrogens (primary N) is 1. The van der Waals surface area contributed by atoms with E-state index in [9.17, 15) is 9.59 Å². The Morgan fingerprint density at radius 3 is 2.27 bits per heavy atom. The maximum atomic E-state index is 12.7. The summed E-state index contributed by atoms with van der Waals surface area (Å²) in [5.74, 6) is -0.601. The summed E-state index contributed by atoms with van der Waals surface area (Å²) in [6, 6.07) is 0. The summed E-state index contributed by atoms with van der Waals surface area (Å²) in [5.41, 5.74) is 5.30. The number of amides is 2. The summed E-state index contributed by atoms with van der Waals surface area (Å²) in [6.07, 6.45) is 9.94. The lowest BCUT2D eigenvalue weighted by Crippen LogP contribution is -2.48. The normalized spacial score (nSPS) is 19.3. The molecule has 0 aromatic heterocycles. The zero-order valence-corrected chi connectivity index (χ0v) is 14.5. The zero-order valence-electron chi connectivity index (χ0n) is 14.5. The van der Waals surface area contributed by atoms with Crippen molar-refractivity contribution in [1.29, 1.82) is 0 Å². The fraction of sp³-hybridized carbons (Fsp3) is 0.778. The van der Waals surface area contributed by atoms with E-state index in [-0.39, 0.29) is 23.3 Å². The van der Waals surface area contributed by atoms with Crippen molar-refractivity contribution < 1.29 is 9.59 Å². The third kappa shape index (κ3) is 6.20. The standard InChI is InChI=1S/C18H32N2O2/c1-5-6-11-14(16(19)21)15(12-13-9-7-8-10-13)17(22)20-18(2,3)4/h5-6,13-15H,7-12H2,1-4H3,(H2,19,21)(H,20,22)/b6-5+/t14-,15+/m0/s1. The van der Waals surface area contributed by atoms with Gasteiger partial charge in [-0.05, 0) is 46.5 Å². The summed E-state index contributed by atoms with van der Waals surface area (Å²) in [7, 11) is 0. The molecule has 2 amide bonds. The molecule has 0 spiro atoms. The van der Waals surface area contributed by atoms with Crippen LogP contribution in [0.25, 0.3) is 0 Å². The van der Waals surface area contributed by atoms with Crippen LogP contribution in [0.2, 0.25) is 0 Å². The number of rotatable bonds is 7. The van der Waals surface area contributed by atoms with Crippen LogP contribution < -0.4 is 11.1 Å². The second-order valence-corrected chi connectivity index (χ2v) is 7.55. The van der Waals surface area contributed by atoms with Gasteiger partial charge in [-0.25, -0.2) is 0 Å². The number of carbonyl (C=O) groups is 2. The van der Waals surface area contributed by atoms with Crippen LogP contribution in [0.15, 0.2) is 12.2 Å². The Labute approximate surface area is 134 Å². The SMILES string of the molecule is C/C=C/C[C@H](C(N)=O)[C@@H](CC1CCCC1)C(=O)NC(C)(C)C. The first-order valence-electron chi connectivity index (χ1n) is 8.47. The van der Waals surface area contributed by atoms with Crippen molar-refractivity contribution in [3.63, 3.8) is 0 Å². The Kier molecular flexibility index (Phi) is 7.11. The molecule has 1 saturated carbocycles. The van der Waals surface area contributed by atoms with Crippen LogP contribution in [-0.4, -0.2) is 17.4 Å². The quantitative estimate of drug-likeness (QED) is 0.709. The van der Waals surface area contributed by atoms with Gasteiger partial charge in [-0.1, -0.05) is 37.8 Å². The molecule has 0 radical (unpaired) electrons. The van der Waals surface area contributed by atoms with Crippen molar-refractivity contribution in [3.8, 4) is 0 Å². The highest BCUT2D eigenvalue weighted by Gasteiger charge is 2.35. The van der Waals surface area contributed by atoms with Crippen molar-refractivity contribution >= 4 is 11.8 Å². The van der Waals surface area contributed by atoms with Gasteiger partial charge in [0.25, 0.3) is 0 Å². The van der Waals surface area contributed by atoms with E-state index in [1.54, 1.807) is 0 Å². The molecule has 0 aliphatic heterocycles. The summed E-state index contributed by atoms with van der Waals surface area (Å²) < 4.78 is 0. The second-order valence-electron chi connectivity index (χ2n) is 7.55. The van der Waals surface area contributed by atoms with Gasteiger partial charge >= 0.3 is 0 Å². The Morgan fingerprint density at radius 1 is 1.23 bits per heavy atom. The number of hydrogen-bond acceptors (Lipinski definition) is 2. The number of nitrogens with one attached hydrogen (secondary N) is 1. The highest BCUT2D eigenvalue weighted by Crippen LogP contribution is 2.34. The van der Waals surface area contributed by atoms with Gasteiger partial charge in [0.1, 0.15) is 0 Å². The van der Waals surface area contributed by atoms with Gasteiger partial charge in [-0.15, -0.1) is 0 Å². The topological polar surface area (TPSA) is 72.2 Å². The highest BCUT2D eigenvalue weighted by atomic mass is 16.2.